The van der Waals surface area contributed by atoms with E-state index < -0.39 is 6.04 Å². The minimum absolute atomic E-state index is 0.183. The quantitative estimate of drug-likeness (QED) is 0.787. The lowest BCUT2D eigenvalue weighted by molar-refractivity contribution is -0.131. The van der Waals surface area contributed by atoms with Crippen LogP contribution >= 0.6 is 11.6 Å². The standard InChI is InChI=1S/C16H19ClN2O2/c1-4-10-19(11-5-2)16(21)12(3)18-15(20)13-6-8-14(17)9-7-13/h4-9,12H,1-2,10-11H2,3H3,(H,18,20). The Bertz CT molecular complexity index is 516. The molecule has 1 atom stereocenters. The molecule has 0 aliphatic rings. The fraction of sp³-hybridized carbons (Fsp3) is 0.250. The predicted octanol–water partition coefficient (Wildman–Crippen LogP) is 2.66. The van der Waals surface area contributed by atoms with Crippen LogP contribution in [-0.4, -0.2) is 35.8 Å². The second-order valence-corrected chi connectivity index (χ2v) is 4.96. The zero-order chi connectivity index (χ0) is 15.8. The molecule has 21 heavy (non-hydrogen) atoms. The summed E-state index contributed by atoms with van der Waals surface area (Å²) in [6, 6.07) is 5.85. The van der Waals surface area contributed by atoms with Crippen LogP contribution in [0.1, 0.15) is 17.3 Å². The van der Waals surface area contributed by atoms with Crippen LogP contribution in [-0.2, 0) is 4.79 Å². The summed E-state index contributed by atoms with van der Waals surface area (Å²) in [4.78, 5) is 25.8. The van der Waals surface area contributed by atoms with Crippen molar-refractivity contribution in [3.05, 3.63) is 60.2 Å². The number of nitrogens with zero attached hydrogens (tertiary/aromatic N) is 1. The normalized spacial score (nSPS) is 11.3. The summed E-state index contributed by atoms with van der Waals surface area (Å²) in [5.74, 6) is -0.498. The number of carbonyl (C=O) groups is 2. The van der Waals surface area contributed by atoms with E-state index in [4.69, 9.17) is 11.6 Å². The van der Waals surface area contributed by atoms with E-state index in [0.29, 0.717) is 23.7 Å². The van der Waals surface area contributed by atoms with Crippen LogP contribution in [0.3, 0.4) is 0 Å². The molecule has 0 fully saturated rings. The summed E-state index contributed by atoms with van der Waals surface area (Å²) < 4.78 is 0. The maximum atomic E-state index is 12.2. The predicted molar refractivity (Wildman–Crippen MR) is 85.4 cm³/mol. The highest BCUT2D eigenvalue weighted by molar-refractivity contribution is 6.30. The van der Waals surface area contributed by atoms with Gasteiger partial charge in [0.2, 0.25) is 5.91 Å². The second kappa shape index (κ2) is 8.27. The molecule has 4 nitrogen and oxygen atoms in total. The zero-order valence-electron chi connectivity index (χ0n) is 12.0. The summed E-state index contributed by atoms with van der Waals surface area (Å²) >= 11 is 5.77. The third kappa shape index (κ3) is 5.08. The molecular formula is C16H19ClN2O2. The molecule has 0 saturated heterocycles. The Hall–Kier alpha value is -2.07. The average Bonchev–Trinajstić information content (AvgIpc) is 2.46. The number of halogens is 1. The van der Waals surface area contributed by atoms with Crippen LogP contribution in [0.25, 0.3) is 0 Å². The van der Waals surface area contributed by atoms with Gasteiger partial charge in [0.05, 0.1) is 0 Å². The van der Waals surface area contributed by atoms with Crippen molar-refractivity contribution in [1.82, 2.24) is 10.2 Å². The number of carbonyl (C=O) groups excluding carboxylic acids is 2. The summed E-state index contributed by atoms with van der Waals surface area (Å²) in [6.45, 7) is 9.69. The van der Waals surface area contributed by atoms with Crippen LogP contribution in [0.15, 0.2) is 49.6 Å². The minimum atomic E-state index is -0.631. The number of hydrogen-bond acceptors (Lipinski definition) is 2. The molecule has 0 bridgehead atoms. The van der Waals surface area contributed by atoms with Crippen molar-refractivity contribution >= 4 is 23.4 Å². The molecule has 1 unspecified atom stereocenters. The monoisotopic (exact) mass is 306 g/mol. The molecule has 5 heteroatoms. The maximum Gasteiger partial charge on any atom is 0.251 e. The number of rotatable bonds is 7. The molecule has 1 N–H and O–H groups in total. The van der Waals surface area contributed by atoms with Crippen molar-refractivity contribution in [2.45, 2.75) is 13.0 Å². The lowest BCUT2D eigenvalue weighted by Crippen LogP contribution is -2.47. The van der Waals surface area contributed by atoms with Gasteiger partial charge < -0.3 is 10.2 Å². The first-order chi connectivity index (χ1) is 9.99. The van der Waals surface area contributed by atoms with Gasteiger partial charge in [-0.3, -0.25) is 9.59 Å². The molecule has 1 aromatic carbocycles. The van der Waals surface area contributed by atoms with Crippen molar-refractivity contribution < 1.29 is 9.59 Å². The highest BCUT2D eigenvalue weighted by Crippen LogP contribution is 2.09. The lowest BCUT2D eigenvalue weighted by Gasteiger charge is -2.23. The molecule has 0 aliphatic carbocycles. The molecule has 0 aliphatic heterocycles. The van der Waals surface area contributed by atoms with Crippen LogP contribution in [0.4, 0.5) is 0 Å². The highest BCUT2D eigenvalue weighted by atomic mass is 35.5. The first-order valence-corrected chi connectivity index (χ1v) is 6.94. The Morgan fingerprint density at radius 2 is 1.76 bits per heavy atom. The minimum Gasteiger partial charge on any atom is -0.341 e. The van der Waals surface area contributed by atoms with Crippen LogP contribution in [0.2, 0.25) is 5.02 Å². The Balaban J connectivity index is 2.69. The summed E-state index contributed by atoms with van der Waals surface area (Å²) in [5.41, 5.74) is 0.457. The van der Waals surface area contributed by atoms with Gasteiger partial charge in [-0.1, -0.05) is 23.8 Å². The lowest BCUT2D eigenvalue weighted by atomic mass is 10.2. The SMILES string of the molecule is C=CCN(CC=C)C(=O)C(C)NC(=O)c1ccc(Cl)cc1. The first kappa shape index (κ1) is 17.0. The second-order valence-electron chi connectivity index (χ2n) is 4.52. The molecule has 0 aromatic heterocycles. The Morgan fingerprint density at radius 1 is 1.24 bits per heavy atom. The van der Waals surface area contributed by atoms with Gasteiger partial charge in [0, 0.05) is 23.7 Å². The third-order valence-corrected chi connectivity index (χ3v) is 3.09. The molecule has 0 saturated carbocycles. The van der Waals surface area contributed by atoms with Gasteiger partial charge in [0.25, 0.3) is 5.91 Å². The van der Waals surface area contributed by atoms with E-state index in [1.807, 2.05) is 0 Å². The molecule has 1 aromatic rings. The van der Waals surface area contributed by atoms with E-state index in [9.17, 15) is 9.59 Å². The number of hydrogen-bond donors (Lipinski definition) is 1. The largest absolute Gasteiger partial charge is 0.341 e. The molecule has 0 heterocycles. The number of amides is 2. The van der Waals surface area contributed by atoms with Crippen molar-refractivity contribution in [3.63, 3.8) is 0 Å². The van der Waals surface area contributed by atoms with Crippen molar-refractivity contribution in [1.29, 1.82) is 0 Å². The number of benzene rings is 1. The van der Waals surface area contributed by atoms with Gasteiger partial charge in [-0.2, -0.15) is 0 Å². The summed E-state index contributed by atoms with van der Waals surface area (Å²) in [5, 5.41) is 3.23. The van der Waals surface area contributed by atoms with Crippen LogP contribution in [0, 0.1) is 0 Å². The average molecular weight is 307 g/mol. The van der Waals surface area contributed by atoms with Gasteiger partial charge >= 0.3 is 0 Å². The molecule has 0 radical (unpaired) electrons. The fourth-order valence-corrected chi connectivity index (χ4v) is 1.91. The third-order valence-electron chi connectivity index (χ3n) is 2.84. The van der Waals surface area contributed by atoms with Gasteiger partial charge in [-0.15, -0.1) is 13.2 Å². The molecule has 0 spiro atoms. The van der Waals surface area contributed by atoms with E-state index in [2.05, 4.69) is 18.5 Å². The summed E-state index contributed by atoms with van der Waals surface area (Å²) in [6.07, 6.45) is 3.27. The smallest absolute Gasteiger partial charge is 0.251 e. The van der Waals surface area contributed by atoms with Crippen LogP contribution < -0.4 is 5.32 Å². The van der Waals surface area contributed by atoms with E-state index >= 15 is 0 Å². The summed E-state index contributed by atoms with van der Waals surface area (Å²) in [7, 11) is 0. The van der Waals surface area contributed by atoms with E-state index in [1.165, 1.54) is 0 Å². The molecule has 112 valence electrons. The van der Waals surface area contributed by atoms with Crippen molar-refractivity contribution in [3.8, 4) is 0 Å². The zero-order valence-corrected chi connectivity index (χ0v) is 12.8. The van der Waals surface area contributed by atoms with Crippen molar-refractivity contribution in [2.24, 2.45) is 0 Å². The fourth-order valence-electron chi connectivity index (χ4n) is 1.78. The van der Waals surface area contributed by atoms with Gasteiger partial charge in [0.1, 0.15) is 6.04 Å². The van der Waals surface area contributed by atoms with Gasteiger partial charge in [0.15, 0.2) is 0 Å². The molecule has 1 rings (SSSR count). The Kier molecular flexibility index (Phi) is 6.69. The maximum absolute atomic E-state index is 12.2. The van der Waals surface area contributed by atoms with Gasteiger partial charge in [-0.25, -0.2) is 0 Å². The van der Waals surface area contributed by atoms with Gasteiger partial charge in [-0.05, 0) is 31.2 Å². The topological polar surface area (TPSA) is 49.4 Å². The van der Waals surface area contributed by atoms with E-state index in [1.54, 1.807) is 48.2 Å². The number of nitrogens with one attached hydrogen (secondary N) is 1. The van der Waals surface area contributed by atoms with E-state index in [-0.39, 0.29) is 11.8 Å². The van der Waals surface area contributed by atoms with Crippen molar-refractivity contribution in [2.75, 3.05) is 13.1 Å². The highest BCUT2D eigenvalue weighted by Gasteiger charge is 2.21. The van der Waals surface area contributed by atoms with E-state index in [0.717, 1.165) is 0 Å². The first-order valence-electron chi connectivity index (χ1n) is 6.56. The molecular weight excluding hydrogens is 288 g/mol. The Labute approximate surface area is 130 Å². The Morgan fingerprint density at radius 3 is 2.24 bits per heavy atom. The van der Waals surface area contributed by atoms with Crippen LogP contribution in [0.5, 0.6) is 0 Å². The molecule has 2 amide bonds.